The molecule has 0 bridgehead atoms. The number of piperidine rings is 1. The van der Waals surface area contributed by atoms with Gasteiger partial charge in [-0.25, -0.2) is 4.79 Å². The van der Waals surface area contributed by atoms with Crippen LogP contribution >= 0.6 is 11.6 Å². The largest absolute Gasteiger partial charge is 0.478 e. The number of nitrogens with one attached hydrogen (secondary N) is 1. The molecule has 2 saturated heterocycles. The molecule has 0 amide bonds. The van der Waals surface area contributed by atoms with E-state index in [4.69, 9.17) is 11.6 Å². The van der Waals surface area contributed by atoms with Crippen molar-refractivity contribution < 1.29 is 23.1 Å². The highest BCUT2D eigenvalue weighted by atomic mass is 35.5. The van der Waals surface area contributed by atoms with Gasteiger partial charge in [-0.05, 0) is 42.7 Å². The fourth-order valence-electron chi connectivity index (χ4n) is 5.24. The number of anilines is 2. The van der Waals surface area contributed by atoms with Gasteiger partial charge in [0.2, 0.25) is 0 Å². The van der Waals surface area contributed by atoms with E-state index in [9.17, 15) is 23.1 Å². The van der Waals surface area contributed by atoms with Crippen LogP contribution in [0.3, 0.4) is 0 Å². The summed E-state index contributed by atoms with van der Waals surface area (Å²) in [6.45, 7) is 4.65. The van der Waals surface area contributed by atoms with E-state index in [0.717, 1.165) is 59.6 Å². The highest BCUT2D eigenvalue weighted by molar-refractivity contribution is 6.31. The maximum Gasteiger partial charge on any atom is 0.433 e. The molecule has 1 unspecified atom stereocenters. The number of alkyl halides is 3. The molecule has 1 aromatic heterocycles. The molecule has 0 saturated carbocycles. The SMILES string of the molecule is O=C(O)c1cnn(C2CCCN(c3cc(Cl)ccc3-c3ccc(N4CCNCC4)cc3)C2)c1C(F)(F)F. The Morgan fingerprint density at radius 3 is 2.46 bits per heavy atom. The van der Waals surface area contributed by atoms with Gasteiger partial charge in [0.15, 0.2) is 5.69 Å². The molecule has 2 aliphatic rings. The summed E-state index contributed by atoms with van der Waals surface area (Å²) in [6, 6.07) is 13.2. The summed E-state index contributed by atoms with van der Waals surface area (Å²) < 4.78 is 42.3. The molecule has 7 nitrogen and oxygen atoms in total. The van der Waals surface area contributed by atoms with Gasteiger partial charge < -0.3 is 20.2 Å². The van der Waals surface area contributed by atoms with Gasteiger partial charge in [0.25, 0.3) is 0 Å². The quantitative estimate of drug-likeness (QED) is 0.471. The third kappa shape index (κ3) is 5.26. The van der Waals surface area contributed by atoms with E-state index in [-0.39, 0.29) is 6.54 Å². The van der Waals surface area contributed by atoms with Gasteiger partial charge in [0, 0.05) is 61.2 Å². The van der Waals surface area contributed by atoms with Crippen molar-refractivity contribution in [3.05, 3.63) is 64.9 Å². The van der Waals surface area contributed by atoms with Crippen LogP contribution in [0.15, 0.2) is 48.7 Å². The van der Waals surface area contributed by atoms with Crippen molar-refractivity contribution in [3.8, 4) is 11.1 Å². The Morgan fingerprint density at radius 2 is 1.78 bits per heavy atom. The van der Waals surface area contributed by atoms with Crippen LogP contribution in [0.5, 0.6) is 0 Å². The van der Waals surface area contributed by atoms with Gasteiger partial charge in [0.1, 0.15) is 5.56 Å². The number of benzene rings is 2. The standard InChI is InChI=1S/C26H27ClF3N5O2/c27-18-5-8-21(17-3-6-19(7-4-17)33-12-9-31-10-13-33)23(14-18)34-11-1-2-20(16-34)35-24(26(28,29)30)22(15-32-35)25(36)37/h3-8,14-15,20,31H,1-2,9-13,16H2,(H,36,37). The highest BCUT2D eigenvalue weighted by Crippen LogP contribution is 2.39. The fraction of sp³-hybridized carbons (Fsp3) is 0.385. The monoisotopic (exact) mass is 533 g/mol. The van der Waals surface area contributed by atoms with Crippen LogP contribution in [-0.4, -0.2) is 60.1 Å². The molecule has 2 N–H and O–H groups in total. The molecule has 0 spiro atoms. The number of aromatic carboxylic acids is 1. The number of aromatic nitrogens is 2. The molecule has 37 heavy (non-hydrogen) atoms. The van der Waals surface area contributed by atoms with E-state index in [1.54, 1.807) is 6.07 Å². The predicted molar refractivity (Wildman–Crippen MR) is 137 cm³/mol. The number of hydrogen-bond acceptors (Lipinski definition) is 5. The number of carbonyl (C=O) groups is 1. The zero-order valence-corrected chi connectivity index (χ0v) is 20.8. The van der Waals surface area contributed by atoms with E-state index in [1.807, 2.05) is 17.0 Å². The minimum atomic E-state index is -4.83. The Kier molecular flexibility index (Phi) is 7.04. The lowest BCUT2D eigenvalue weighted by molar-refractivity contribution is -0.145. The second kappa shape index (κ2) is 10.3. The lowest BCUT2D eigenvalue weighted by Gasteiger charge is -2.36. The zero-order chi connectivity index (χ0) is 26.2. The average molecular weight is 534 g/mol. The van der Waals surface area contributed by atoms with Gasteiger partial charge in [-0.15, -0.1) is 0 Å². The van der Waals surface area contributed by atoms with Crippen LogP contribution in [0, 0.1) is 0 Å². The van der Waals surface area contributed by atoms with Gasteiger partial charge in [-0.3, -0.25) is 4.68 Å². The van der Waals surface area contributed by atoms with E-state index >= 15 is 0 Å². The van der Waals surface area contributed by atoms with E-state index in [0.29, 0.717) is 24.4 Å². The topological polar surface area (TPSA) is 73.6 Å². The molecule has 11 heteroatoms. The number of piperazine rings is 1. The second-order valence-electron chi connectivity index (χ2n) is 9.34. The fourth-order valence-corrected chi connectivity index (χ4v) is 5.40. The molecular formula is C26H27ClF3N5O2. The Labute approximate surface area is 217 Å². The molecule has 0 radical (unpaired) electrons. The van der Waals surface area contributed by atoms with Gasteiger partial charge in [-0.1, -0.05) is 29.8 Å². The minimum absolute atomic E-state index is 0.246. The Balaban J connectivity index is 1.45. The van der Waals surface area contributed by atoms with Crippen molar-refractivity contribution in [2.45, 2.75) is 25.1 Å². The lowest BCUT2D eigenvalue weighted by Crippen LogP contribution is -2.43. The van der Waals surface area contributed by atoms with Crippen LogP contribution in [-0.2, 0) is 6.18 Å². The first kappa shape index (κ1) is 25.4. The minimum Gasteiger partial charge on any atom is -0.478 e. The molecule has 0 aliphatic carbocycles. The highest BCUT2D eigenvalue weighted by Gasteiger charge is 2.42. The van der Waals surface area contributed by atoms with Crippen LogP contribution in [0.1, 0.15) is 34.9 Å². The zero-order valence-electron chi connectivity index (χ0n) is 20.0. The number of hydrogen-bond donors (Lipinski definition) is 2. The molecule has 3 heterocycles. The summed E-state index contributed by atoms with van der Waals surface area (Å²) in [4.78, 5) is 15.8. The van der Waals surface area contributed by atoms with Gasteiger partial charge in [0.05, 0.1) is 12.2 Å². The summed E-state index contributed by atoms with van der Waals surface area (Å²) >= 11 is 6.36. The Hall–Kier alpha value is -3.24. The molecule has 196 valence electrons. The van der Waals surface area contributed by atoms with Crippen LogP contribution < -0.4 is 15.1 Å². The van der Waals surface area contributed by atoms with Gasteiger partial charge >= 0.3 is 12.1 Å². The first-order valence-electron chi connectivity index (χ1n) is 12.2. The molecule has 2 fully saturated rings. The molecule has 5 rings (SSSR count). The molecule has 1 atom stereocenters. The summed E-state index contributed by atoms with van der Waals surface area (Å²) in [5.41, 5.74) is 1.83. The molecular weight excluding hydrogens is 507 g/mol. The predicted octanol–water partition coefficient (Wildman–Crippen LogP) is 5.17. The van der Waals surface area contributed by atoms with Crippen molar-refractivity contribution in [1.82, 2.24) is 15.1 Å². The number of nitrogens with zero attached hydrogens (tertiary/aromatic N) is 4. The third-order valence-electron chi connectivity index (χ3n) is 7.00. The van der Waals surface area contributed by atoms with E-state index < -0.39 is 29.4 Å². The summed E-state index contributed by atoms with van der Waals surface area (Å²) in [6.07, 6.45) is -2.97. The van der Waals surface area contributed by atoms with Crippen LogP contribution in [0.2, 0.25) is 5.02 Å². The maximum atomic E-state index is 13.8. The first-order chi connectivity index (χ1) is 17.7. The van der Waals surface area contributed by atoms with E-state index in [2.05, 4.69) is 39.6 Å². The smallest absolute Gasteiger partial charge is 0.433 e. The van der Waals surface area contributed by atoms with Crippen molar-refractivity contribution in [2.75, 3.05) is 49.1 Å². The maximum absolute atomic E-state index is 13.8. The normalized spacial score (nSPS) is 18.8. The Morgan fingerprint density at radius 1 is 1.05 bits per heavy atom. The molecule has 2 aromatic carbocycles. The van der Waals surface area contributed by atoms with Crippen molar-refractivity contribution in [2.24, 2.45) is 0 Å². The number of rotatable bonds is 5. The lowest BCUT2D eigenvalue weighted by atomic mass is 9.99. The van der Waals surface area contributed by atoms with Crippen molar-refractivity contribution >= 4 is 28.9 Å². The average Bonchev–Trinajstić information content (AvgIpc) is 3.36. The van der Waals surface area contributed by atoms with Crippen molar-refractivity contribution in [3.63, 3.8) is 0 Å². The number of carboxylic acids is 1. The summed E-state index contributed by atoms with van der Waals surface area (Å²) in [5.74, 6) is -1.65. The van der Waals surface area contributed by atoms with Gasteiger partial charge in [-0.2, -0.15) is 18.3 Å². The Bertz CT molecular complexity index is 1270. The summed E-state index contributed by atoms with van der Waals surface area (Å²) in [7, 11) is 0. The number of halogens is 4. The van der Waals surface area contributed by atoms with Crippen molar-refractivity contribution in [1.29, 1.82) is 0 Å². The third-order valence-corrected chi connectivity index (χ3v) is 7.23. The number of carboxylic acid groups (broad SMARTS) is 1. The second-order valence-corrected chi connectivity index (χ2v) is 9.78. The van der Waals surface area contributed by atoms with Crippen LogP contribution in [0.4, 0.5) is 24.5 Å². The van der Waals surface area contributed by atoms with E-state index in [1.165, 1.54) is 0 Å². The first-order valence-corrected chi connectivity index (χ1v) is 12.6. The summed E-state index contributed by atoms with van der Waals surface area (Å²) in [5, 5.41) is 17.0. The molecule has 3 aromatic rings. The van der Waals surface area contributed by atoms with Crippen LogP contribution in [0.25, 0.3) is 11.1 Å². The molecule has 2 aliphatic heterocycles.